The minimum absolute atomic E-state index is 0.0131. The topological polar surface area (TPSA) is 80.6 Å². The fraction of sp³-hybridized carbons (Fsp3) is 0.440. The van der Waals surface area contributed by atoms with Gasteiger partial charge in [-0.15, -0.1) is 0 Å². The molecule has 2 aromatic rings. The summed E-state index contributed by atoms with van der Waals surface area (Å²) in [4.78, 5) is 5.12. The van der Waals surface area contributed by atoms with Crippen molar-refractivity contribution in [3.05, 3.63) is 58.1 Å². The molecule has 2 aromatic carbocycles. The Morgan fingerprint density at radius 3 is 2.61 bits per heavy atom. The van der Waals surface area contributed by atoms with Gasteiger partial charge in [-0.1, -0.05) is 23.7 Å². The molecule has 1 heterocycles. The first-order chi connectivity index (χ1) is 15.7. The van der Waals surface area contributed by atoms with Crippen molar-refractivity contribution in [3.63, 3.8) is 0 Å². The largest absolute Gasteiger partial charge is 0.478 e. The first-order valence-corrected chi connectivity index (χ1v) is 12.0. The van der Waals surface area contributed by atoms with Crippen LogP contribution >= 0.6 is 11.6 Å². The zero-order valence-corrected chi connectivity index (χ0v) is 20.2. The highest BCUT2D eigenvalue weighted by molar-refractivity contribution is 6.39. The number of fused-ring (bicyclic) bond motifs is 3. The van der Waals surface area contributed by atoms with Gasteiger partial charge in [-0.25, -0.2) is 4.99 Å². The lowest BCUT2D eigenvalue weighted by Crippen LogP contribution is -2.56. The van der Waals surface area contributed by atoms with Gasteiger partial charge in [-0.3, -0.25) is 0 Å². The summed E-state index contributed by atoms with van der Waals surface area (Å²) in [5.41, 5.74) is 10.9. The van der Waals surface area contributed by atoms with Gasteiger partial charge in [0.2, 0.25) is 0 Å². The van der Waals surface area contributed by atoms with Crippen LogP contribution in [-0.4, -0.2) is 40.3 Å². The summed E-state index contributed by atoms with van der Waals surface area (Å²) in [7, 11) is 6.01. The van der Waals surface area contributed by atoms with Gasteiger partial charge in [0.25, 0.3) is 6.02 Å². The predicted octanol–water partition coefficient (Wildman–Crippen LogP) is 2.86. The minimum atomic E-state index is -0.445. The molecule has 3 aliphatic rings. The molecule has 1 unspecified atom stereocenters. The Morgan fingerprint density at radius 1 is 1.18 bits per heavy atom. The van der Waals surface area contributed by atoms with E-state index < -0.39 is 10.9 Å². The van der Waals surface area contributed by atoms with Crippen molar-refractivity contribution in [2.75, 3.05) is 7.11 Å². The molecular formula is C25H28B2ClN3O2. The van der Waals surface area contributed by atoms with Crippen molar-refractivity contribution in [1.29, 1.82) is 5.26 Å². The summed E-state index contributed by atoms with van der Waals surface area (Å²) in [6.07, 6.45) is 6.18. The molecule has 0 amide bonds. The number of rotatable bonds is 2. The maximum atomic E-state index is 9.42. The number of nitrogens with zero attached hydrogens (tertiary/aromatic N) is 2. The lowest BCUT2D eigenvalue weighted by Gasteiger charge is -2.52. The first-order valence-electron chi connectivity index (χ1n) is 11.6. The average molecular weight is 460 g/mol. The molecule has 0 radical (unpaired) electrons. The summed E-state index contributed by atoms with van der Waals surface area (Å²) < 4.78 is 11.7. The fourth-order valence-electron chi connectivity index (χ4n) is 6.53. The molecule has 0 aromatic heterocycles. The summed E-state index contributed by atoms with van der Waals surface area (Å²) in [6, 6.07) is 14.6. The standard InChI is InChI=1S/C25H28B2ClN3O2/c1-32-20-4-6-23(7-5-20)12-17-3-2-16(18-8-15(13-29)9-19(28)10-18)11-21(17)24(23)14-25(26,27)33-22(30)31-24/h2-3,8-11,20H,4-7,12,14,26-27H2,1H3,(H2,30,31)/t20-,23-,24?. The highest BCUT2D eigenvalue weighted by Crippen LogP contribution is 2.63. The van der Waals surface area contributed by atoms with E-state index in [0.717, 1.165) is 49.7 Å². The number of hydrogen-bond acceptors (Lipinski definition) is 5. The third-order valence-corrected chi connectivity index (χ3v) is 8.13. The minimum Gasteiger partial charge on any atom is -0.478 e. The lowest BCUT2D eigenvalue weighted by molar-refractivity contribution is -0.0226. The zero-order valence-electron chi connectivity index (χ0n) is 19.5. The monoisotopic (exact) mass is 459 g/mol. The van der Waals surface area contributed by atoms with E-state index in [9.17, 15) is 5.26 Å². The summed E-state index contributed by atoms with van der Waals surface area (Å²) in [5.74, 6) is 0. The van der Waals surface area contributed by atoms with Gasteiger partial charge in [-0.2, -0.15) is 5.26 Å². The number of halogens is 1. The van der Waals surface area contributed by atoms with Crippen LogP contribution in [0.15, 0.2) is 41.4 Å². The summed E-state index contributed by atoms with van der Waals surface area (Å²) in [6.45, 7) is 0. The lowest BCUT2D eigenvalue weighted by atomic mass is 9.52. The van der Waals surface area contributed by atoms with Gasteiger partial charge < -0.3 is 15.2 Å². The van der Waals surface area contributed by atoms with Crippen LogP contribution < -0.4 is 5.73 Å². The maximum Gasteiger partial charge on any atom is 0.281 e. The average Bonchev–Trinajstić information content (AvgIpc) is 3.00. The van der Waals surface area contributed by atoms with Crippen molar-refractivity contribution in [1.82, 2.24) is 0 Å². The quantitative estimate of drug-likeness (QED) is 0.701. The maximum absolute atomic E-state index is 9.42. The molecule has 2 spiro atoms. The van der Waals surface area contributed by atoms with E-state index in [1.165, 1.54) is 11.1 Å². The molecule has 1 fully saturated rings. The van der Waals surface area contributed by atoms with E-state index in [2.05, 4.69) is 40.0 Å². The van der Waals surface area contributed by atoms with Crippen LogP contribution in [0.5, 0.6) is 0 Å². The van der Waals surface area contributed by atoms with Gasteiger partial charge in [0.15, 0.2) is 0 Å². The molecule has 1 saturated carbocycles. The normalized spacial score (nSPS) is 29.8. The van der Waals surface area contributed by atoms with Crippen molar-refractivity contribution in [2.45, 2.75) is 55.6 Å². The van der Waals surface area contributed by atoms with Crippen LogP contribution in [-0.2, 0) is 21.4 Å². The SMILES string of the molecule is BC1(B)CC2(N=C(N)O1)c1cc(-c3cc(Cl)cc(C#N)c3)ccc1C[C@]21CC[C@@H](OC)CC1. The number of ether oxygens (including phenoxy) is 2. The van der Waals surface area contributed by atoms with E-state index in [4.69, 9.17) is 31.8 Å². The van der Waals surface area contributed by atoms with Crippen LogP contribution in [0.1, 0.15) is 48.8 Å². The molecule has 0 bridgehead atoms. The van der Waals surface area contributed by atoms with E-state index in [1.807, 2.05) is 19.2 Å². The van der Waals surface area contributed by atoms with E-state index in [-0.39, 0.29) is 11.4 Å². The number of nitriles is 1. The molecule has 1 aliphatic heterocycles. The molecule has 2 N–H and O–H groups in total. The number of benzene rings is 2. The Morgan fingerprint density at radius 2 is 1.94 bits per heavy atom. The van der Waals surface area contributed by atoms with Crippen LogP contribution in [0.3, 0.4) is 0 Å². The smallest absolute Gasteiger partial charge is 0.281 e. The van der Waals surface area contributed by atoms with Crippen molar-refractivity contribution >= 4 is 33.3 Å². The summed E-state index contributed by atoms with van der Waals surface area (Å²) >= 11 is 6.32. The van der Waals surface area contributed by atoms with Crippen LogP contribution in [0.2, 0.25) is 5.02 Å². The number of aliphatic imine (C=N–C) groups is 1. The second kappa shape index (κ2) is 7.82. The molecule has 8 heteroatoms. The molecule has 168 valence electrons. The van der Waals surface area contributed by atoms with Gasteiger partial charge in [0, 0.05) is 29.4 Å². The Kier molecular flexibility index (Phi) is 5.30. The van der Waals surface area contributed by atoms with Crippen molar-refractivity contribution < 1.29 is 9.47 Å². The highest BCUT2D eigenvalue weighted by Gasteiger charge is 2.61. The van der Waals surface area contributed by atoms with Crippen molar-refractivity contribution in [2.24, 2.45) is 16.1 Å². The van der Waals surface area contributed by atoms with Crippen molar-refractivity contribution in [3.8, 4) is 17.2 Å². The Balaban J connectivity index is 1.68. The van der Waals surface area contributed by atoms with Crippen LogP contribution in [0.4, 0.5) is 0 Å². The van der Waals surface area contributed by atoms with Gasteiger partial charge >= 0.3 is 0 Å². The molecule has 0 saturated heterocycles. The fourth-order valence-corrected chi connectivity index (χ4v) is 6.76. The Labute approximate surface area is 202 Å². The van der Waals surface area contributed by atoms with E-state index in [1.54, 1.807) is 6.07 Å². The van der Waals surface area contributed by atoms with E-state index >= 15 is 0 Å². The molecule has 5 rings (SSSR count). The van der Waals surface area contributed by atoms with Crippen LogP contribution in [0.25, 0.3) is 11.1 Å². The molecule has 1 atom stereocenters. The number of amidine groups is 1. The molecular weight excluding hydrogens is 431 g/mol. The third-order valence-electron chi connectivity index (χ3n) is 7.91. The van der Waals surface area contributed by atoms with Gasteiger partial charge in [-0.05, 0) is 78.6 Å². The summed E-state index contributed by atoms with van der Waals surface area (Å²) in [5, 5.41) is 9.56. The Bertz CT molecular complexity index is 1180. The first kappa shape index (κ1) is 22.4. The molecule has 5 nitrogen and oxygen atoms in total. The zero-order chi connectivity index (χ0) is 23.4. The second-order valence-electron chi connectivity index (χ2n) is 10.5. The number of nitrogens with two attached hydrogens (primary N) is 1. The van der Waals surface area contributed by atoms with Gasteiger partial charge in [0.1, 0.15) is 15.7 Å². The Hall–Kier alpha value is -2.42. The van der Waals surface area contributed by atoms with Gasteiger partial charge in [0.05, 0.1) is 23.3 Å². The predicted molar refractivity (Wildman–Crippen MR) is 136 cm³/mol. The highest BCUT2D eigenvalue weighted by atomic mass is 35.5. The van der Waals surface area contributed by atoms with E-state index in [0.29, 0.717) is 16.7 Å². The molecule has 33 heavy (non-hydrogen) atoms. The number of hydrogen-bond donors (Lipinski definition) is 1. The number of methoxy groups -OCH3 is 1. The second-order valence-corrected chi connectivity index (χ2v) is 10.9. The third kappa shape index (κ3) is 3.64. The van der Waals surface area contributed by atoms with Crippen LogP contribution in [0, 0.1) is 16.7 Å². The molecule has 2 aliphatic carbocycles.